The van der Waals surface area contributed by atoms with Gasteiger partial charge in [0.1, 0.15) is 0 Å². The van der Waals surface area contributed by atoms with Gasteiger partial charge in [0.25, 0.3) is 0 Å². The van der Waals surface area contributed by atoms with Crippen molar-refractivity contribution in [3.63, 3.8) is 0 Å². The first-order valence-electron chi connectivity index (χ1n) is 9.53. The van der Waals surface area contributed by atoms with E-state index in [0.29, 0.717) is 5.92 Å². The number of unbranched alkanes of at least 4 members (excludes halogenated alkanes) is 4. The standard InChI is InChI=1S/C20H36O/c1-3-4-5-6-7-8-17-9-10-20-14-18(16(2)15-21)11-12-19(20)13-17/h17-21H,2-15H2,1H3. The van der Waals surface area contributed by atoms with Gasteiger partial charge in [0.2, 0.25) is 0 Å². The Kier molecular flexibility index (Phi) is 7.29. The van der Waals surface area contributed by atoms with Gasteiger partial charge in [0.15, 0.2) is 0 Å². The molecule has 0 bridgehead atoms. The Labute approximate surface area is 132 Å². The smallest absolute Gasteiger partial charge is 0.0641 e. The molecule has 2 aliphatic carbocycles. The van der Waals surface area contributed by atoms with E-state index >= 15 is 0 Å². The lowest BCUT2D eigenvalue weighted by atomic mass is 9.63. The third-order valence-electron chi connectivity index (χ3n) is 6.22. The van der Waals surface area contributed by atoms with Gasteiger partial charge in [-0.25, -0.2) is 0 Å². The van der Waals surface area contributed by atoms with Gasteiger partial charge in [0, 0.05) is 0 Å². The predicted octanol–water partition coefficient (Wildman–Crippen LogP) is 5.73. The van der Waals surface area contributed by atoms with Crippen LogP contribution in [0.1, 0.15) is 84.0 Å². The molecule has 21 heavy (non-hydrogen) atoms. The molecule has 0 heterocycles. The van der Waals surface area contributed by atoms with Crippen LogP contribution in [0.15, 0.2) is 12.2 Å². The maximum atomic E-state index is 9.28. The number of hydrogen-bond acceptors (Lipinski definition) is 1. The molecule has 1 heteroatoms. The van der Waals surface area contributed by atoms with Crippen LogP contribution in [0, 0.1) is 23.7 Å². The highest BCUT2D eigenvalue weighted by atomic mass is 16.3. The molecule has 2 fully saturated rings. The highest BCUT2D eigenvalue weighted by Crippen LogP contribution is 2.47. The Balaban J connectivity index is 1.67. The van der Waals surface area contributed by atoms with Crippen LogP contribution in [0.4, 0.5) is 0 Å². The van der Waals surface area contributed by atoms with Crippen LogP contribution in [0.3, 0.4) is 0 Å². The Hall–Kier alpha value is -0.300. The summed E-state index contributed by atoms with van der Waals surface area (Å²) in [5, 5.41) is 9.28. The van der Waals surface area contributed by atoms with Crippen LogP contribution in [0.5, 0.6) is 0 Å². The summed E-state index contributed by atoms with van der Waals surface area (Å²) >= 11 is 0. The molecule has 2 aliphatic rings. The van der Waals surface area contributed by atoms with Crippen molar-refractivity contribution in [2.45, 2.75) is 84.0 Å². The van der Waals surface area contributed by atoms with Gasteiger partial charge in [-0.15, -0.1) is 0 Å². The van der Waals surface area contributed by atoms with Crippen LogP contribution in [-0.4, -0.2) is 11.7 Å². The fourth-order valence-electron chi connectivity index (χ4n) is 4.78. The number of fused-ring (bicyclic) bond motifs is 1. The molecule has 0 aliphatic heterocycles. The van der Waals surface area contributed by atoms with E-state index in [-0.39, 0.29) is 6.61 Å². The van der Waals surface area contributed by atoms with Crippen LogP contribution in [-0.2, 0) is 0 Å². The van der Waals surface area contributed by atoms with Gasteiger partial charge >= 0.3 is 0 Å². The van der Waals surface area contributed by atoms with Gasteiger partial charge in [0.05, 0.1) is 6.61 Å². The molecule has 1 N–H and O–H groups in total. The summed E-state index contributed by atoms with van der Waals surface area (Å²) in [5.41, 5.74) is 1.09. The van der Waals surface area contributed by atoms with E-state index in [0.717, 1.165) is 23.3 Å². The van der Waals surface area contributed by atoms with Gasteiger partial charge in [-0.1, -0.05) is 58.4 Å². The summed E-state index contributed by atoms with van der Waals surface area (Å²) in [7, 11) is 0. The molecule has 0 amide bonds. The average Bonchev–Trinajstić information content (AvgIpc) is 2.53. The van der Waals surface area contributed by atoms with Crippen molar-refractivity contribution in [2.24, 2.45) is 23.7 Å². The SMILES string of the molecule is C=C(CO)C1CCC2CC(CCCCCCC)CCC2C1. The number of aliphatic hydroxyl groups is 1. The minimum Gasteiger partial charge on any atom is -0.392 e. The summed E-state index contributed by atoms with van der Waals surface area (Å²) in [6, 6.07) is 0. The average molecular weight is 293 g/mol. The highest BCUT2D eigenvalue weighted by molar-refractivity contribution is 5.04. The Morgan fingerprint density at radius 1 is 0.952 bits per heavy atom. The third-order valence-corrected chi connectivity index (χ3v) is 6.22. The fourth-order valence-corrected chi connectivity index (χ4v) is 4.78. The molecular formula is C20H36O. The lowest BCUT2D eigenvalue weighted by Crippen LogP contribution is -2.32. The first-order valence-corrected chi connectivity index (χ1v) is 9.53. The molecule has 0 saturated heterocycles. The minimum atomic E-state index is 0.197. The molecule has 0 aromatic carbocycles. The summed E-state index contributed by atoms with van der Waals surface area (Å²) in [6.07, 6.45) is 17.0. The second-order valence-electron chi connectivity index (χ2n) is 7.73. The first-order chi connectivity index (χ1) is 10.2. The first kappa shape index (κ1) is 17.1. The van der Waals surface area contributed by atoms with Crippen molar-refractivity contribution in [2.75, 3.05) is 6.61 Å². The van der Waals surface area contributed by atoms with Crippen LogP contribution < -0.4 is 0 Å². The third kappa shape index (κ3) is 5.13. The molecule has 4 atom stereocenters. The Morgan fingerprint density at radius 3 is 2.43 bits per heavy atom. The van der Waals surface area contributed by atoms with Gasteiger partial charge < -0.3 is 5.11 Å². The van der Waals surface area contributed by atoms with Gasteiger partial charge in [-0.3, -0.25) is 0 Å². The second kappa shape index (κ2) is 8.98. The molecule has 0 radical (unpaired) electrons. The van der Waals surface area contributed by atoms with Gasteiger partial charge in [-0.05, 0) is 61.3 Å². The van der Waals surface area contributed by atoms with E-state index in [1.54, 1.807) is 0 Å². The van der Waals surface area contributed by atoms with Crippen molar-refractivity contribution in [3.05, 3.63) is 12.2 Å². The highest BCUT2D eigenvalue weighted by Gasteiger charge is 2.35. The minimum absolute atomic E-state index is 0.197. The molecule has 0 aromatic heterocycles. The summed E-state index contributed by atoms with van der Waals surface area (Å²) < 4.78 is 0. The van der Waals surface area contributed by atoms with Crippen molar-refractivity contribution >= 4 is 0 Å². The van der Waals surface area contributed by atoms with Crippen molar-refractivity contribution in [1.29, 1.82) is 0 Å². The number of hydrogen-bond donors (Lipinski definition) is 1. The predicted molar refractivity (Wildman–Crippen MR) is 91.3 cm³/mol. The van der Waals surface area contributed by atoms with E-state index in [1.807, 2.05) is 0 Å². The summed E-state index contributed by atoms with van der Waals surface area (Å²) in [4.78, 5) is 0. The molecule has 122 valence electrons. The maximum Gasteiger partial charge on any atom is 0.0641 e. The van der Waals surface area contributed by atoms with Crippen LogP contribution in [0.25, 0.3) is 0 Å². The van der Waals surface area contributed by atoms with E-state index < -0.39 is 0 Å². The van der Waals surface area contributed by atoms with Gasteiger partial charge in [-0.2, -0.15) is 0 Å². The number of aliphatic hydroxyl groups excluding tert-OH is 1. The normalized spacial score (nSPS) is 32.7. The van der Waals surface area contributed by atoms with Crippen molar-refractivity contribution < 1.29 is 5.11 Å². The zero-order valence-electron chi connectivity index (χ0n) is 14.2. The van der Waals surface area contributed by atoms with E-state index in [1.165, 1.54) is 77.0 Å². The lowest BCUT2D eigenvalue weighted by Gasteiger charge is -2.42. The Morgan fingerprint density at radius 2 is 1.67 bits per heavy atom. The fraction of sp³-hybridized carbons (Fsp3) is 0.900. The lowest BCUT2D eigenvalue weighted by molar-refractivity contribution is 0.100. The Bertz CT molecular complexity index is 309. The van der Waals surface area contributed by atoms with E-state index in [9.17, 15) is 5.11 Å². The molecule has 2 rings (SSSR count). The molecule has 0 aromatic rings. The zero-order valence-corrected chi connectivity index (χ0v) is 14.2. The summed E-state index contributed by atoms with van der Waals surface area (Å²) in [6.45, 7) is 6.56. The molecule has 2 saturated carbocycles. The van der Waals surface area contributed by atoms with Crippen molar-refractivity contribution in [1.82, 2.24) is 0 Å². The molecule has 4 unspecified atom stereocenters. The topological polar surface area (TPSA) is 20.2 Å². The van der Waals surface area contributed by atoms with Crippen molar-refractivity contribution in [3.8, 4) is 0 Å². The zero-order chi connectivity index (χ0) is 15.1. The van der Waals surface area contributed by atoms with E-state index in [2.05, 4.69) is 13.5 Å². The largest absolute Gasteiger partial charge is 0.392 e. The quantitative estimate of drug-likeness (QED) is 0.447. The van der Waals surface area contributed by atoms with Crippen LogP contribution in [0.2, 0.25) is 0 Å². The second-order valence-corrected chi connectivity index (χ2v) is 7.73. The maximum absolute atomic E-state index is 9.28. The molecule has 1 nitrogen and oxygen atoms in total. The van der Waals surface area contributed by atoms with E-state index in [4.69, 9.17) is 0 Å². The monoisotopic (exact) mass is 292 g/mol. The van der Waals surface area contributed by atoms with Crippen LogP contribution >= 0.6 is 0 Å². The number of rotatable bonds is 8. The molecular weight excluding hydrogens is 256 g/mol. The molecule has 0 spiro atoms. The summed E-state index contributed by atoms with van der Waals surface area (Å²) in [5.74, 6) is 3.55.